The van der Waals surface area contributed by atoms with Gasteiger partial charge in [-0.1, -0.05) is 24.9 Å². The van der Waals surface area contributed by atoms with E-state index in [4.69, 9.17) is 0 Å². The van der Waals surface area contributed by atoms with E-state index in [2.05, 4.69) is 36.8 Å². The van der Waals surface area contributed by atoms with E-state index in [0.717, 1.165) is 62.5 Å². The lowest BCUT2D eigenvalue weighted by Crippen LogP contribution is -2.43. The average molecular weight is 638 g/mol. The molecule has 1 saturated heterocycles. The number of benzene rings is 2. The highest BCUT2D eigenvalue weighted by molar-refractivity contribution is 7.96. The van der Waals surface area contributed by atoms with Crippen LogP contribution in [0.5, 0.6) is 0 Å². The Labute approximate surface area is 263 Å². The molecule has 0 atom stereocenters. The number of carbonyl (C=O) groups excluding carboxylic acids is 2. The van der Waals surface area contributed by atoms with Crippen molar-refractivity contribution in [1.82, 2.24) is 23.8 Å². The third-order valence-electron chi connectivity index (χ3n) is 7.92. The van der Waals surface area contributed by atoms with Gasteiger partial charge >= 0.3 is 6.18 Å². The predicted molar refractivity (Wildman–Crippen MR) is 169 cm³/mol. The topological polar surface area (TPSA) is 94.9 Å². The summed E-state index contributed by atoms with van der Waals surface area (Å²) in [5, 5.41) is 10.1. The lowest BCUT2D eigenvalue weighted by atomic mass is 10.0. The Morgan fingerprint density at radius 2 is 1.78 bits per heavy atom. The molecule has 236 valence electrons. The van der Waals surface area contributed by atoms with Crippen molar-refractivity contribution in [1.29, 1.82) is 0 Å². The molecular weight excluding hydrogens is 603 g/mol. The predicted octanol–water partition coefficient (Wildman–Crippen LogP) is 6.11. The number of piperazine rings is 1. The van der Waals surface area contributed by atoms with Crippen LogP contribution in [0.25, 0.3) is 16.9 Å². The van der Waals surface area contributed by atoms with Gasteiger partial charge in [0, 0.05) is 61.2 Å². The Hall–Kier alpha value is -3.94. The zero-order valence-electron chi connectivity index (χ0n) is 25.0. The van der Waals surface area contributed by atoms with Crippen molar-refractivity contribution >= 4 is 40.9 Å². The number of amides is 2. The van der Waals surface area contributed by atoms with Gasteiger partial charge in [0.2, 0.25) is 5.91 Å². The second kappa shape index (κ2) is 12.8. The van der Waals surface area contributed by atoms with Crippen LogP contribution in [0, 0.1) is 12.8 Å². The fourth-order valence-electron chi connectivity index (χ4n) is 5.38. The van der Waals surface area contributed by atoms with Gasteiger partial charge in [-0.05, 0) is 73.4 Å². The van der Waals surface area contributed by atoms with Gasteiger partial charge < -0.3 is 10.6 Å². The highest BCUT2D eigenvalue weighted by atomic mass is 32.2. The molecule has 2 N–H and O–H groups in total. The van der Waals surface area contributed by atoms with Gasteiger partial charge in [0.25, 0.3) is 5.91 Å². The van der Waals surface area contributed by atoms with Crippen molar-refractivity contribution in [2.24, 2.45) is 5.92 Å². The number of aromatic nitrogens is 3. The van der Waals surface area contributed by atoms with Crippen molar-refractivity contribution in [3.05, 3.63) is 77.0 Å². The molecule has 4 aromatic rings. The SMILES string of the molecule is CCSN1CCN(Cc2cc(NC(=O)c3ccc(C)c(-c4ccc5nc(NC(=O)C6CC6)cn5n4)c3)cc(C(F)(F)F)c2)CC1. The zero-order chi connectivity index (χ0) is 31.7. The molecule has 2 fully saturated rings. The molecule has 2 aromatic carbocycles. The van der Waals surface area contributed by atoms with Gasteiger partial charge in [0.1, 0.15) is 0 Å². The monoisotopic (exact) mass is 637 g/mol. The van der Waals surface area contributed by atoms with E-state index in [-0.39, 0.29) is 23.1 Å². The third kappa shape index (κ3) is 7.48. The van der Waals surface area contributed by atoms with Crippen LogP contribution in [0.15, 0.2) is 54.7 Å². The Balaban J connectivity index is 1.20. The molecule has 3 heterocycles. The number of nitrogens with one attached hydrogen (secondary N) is 2. The zero-order valence-corrected chi connectivity index (χ0v) is 25.8. The summed E-state index contributed by atoms with van der Waals surface area (Å²) in [6.45, 7) is 7.55. The van der Waals surface area contributed by atoms with Gasteiger partial charge in [0.15, 0.2) is 11.5 Å². The fraction of sp³-hybridized carbons (Fsp3) is 0.375. The first-order valence-electron chi connectivity index (χ1n) is 15.0. The minimum atomic E-state index is -4.55. The number of carbonyl (C=O) groups is 2. The quantitative estimate of drug-likeness (QED) is 0.214. The van der Waals surface area contributed by atoms with E-state index >= 15 is 0 Å². The van der Waals surface area contributed by atoms with Crippen LogP contribution in [0.2, 0.25) is 0 Å². The lowest BCUT2D eigenvalue weighted by molar-refractivity contribution is -0.137. The van der Waals surface area contributed by atoms with E-state index in [1.807, 2.05) is 6.92 Å². The Morgan fingerprint density at radius 3 is 2.49 bits per heavy atom. The maximum atomic E-state index is 13.9. The number of rotatable bonds is 9. The molecule has 13 heteroatoms. The maximum absolute atomic E-state index is 13.9. The molecule has 1 aliphatic carbocycles. The number of imidazole rings is 1. The smallest absolute Gasteiger partial charge is 0.322 e. The first kappa shape index (κ1) is 31.1. The normalized spacial score (nSPS) is 16.2. The molecule has 1 aliphatic heterocycles. The number of fused-ring (bicyclic) bond motifs is 1. The van der Waals surface area contributed by atoms with Crippen LogP contribution < -0.4 is 10.6 Å². The second-order valence-corrected chi connectivity index (χ2v) is 12.8. The third-order valence-corrected chi connectivity index (χ3v) is 8.91. The summed E-state index contributed by atoms with van der Waals surface area (Å²) >= 11 is 1.77. The number of alkyl halides is 3. The molecule has 6 rings (SSSR count). The molecule has 0 unspecified atom stereocenters. The van der Waals surface area contributed by atoms with Gasteiger partial charge in [-0.3, -0.25) is 14.5 Å². The van der Waals surface area contributed by atoms with E-state index < -0.39 is 17.6 Å². The highest BCUT2D eigenvalue weighted by Crippen LogP contribution is 2.33. The summed E-state index contributed by atoms with van der Waals surface area (Å²) in [5.74, 6) is 0.867. The van der Waals surface area contributed by atoms with Gasteiger partial charge in [-0.15, -0.1) is 0 Å². The van der Waals surface area contributed by atoms with E-state index in [1.165, 1.54) is 0 Å². The first-order chi connectivity index (χ1) is 21.6. The maximum Gasteiger partial charge on any atom is 0.416 e. The van der Waals surface area contributed by atoms with Crippen molar-refractivity contribution in [3.63, 3.8) is 0 Å². The second-order valence-electron chi connectivity index (χ2n) is 11.4. The Morgan fingerprint density at radius 1 is 1.00 bits per heavy atom. The number of aryl methyl sites for hydroxylation is 1. The van der Waals surface area contributed by atoms with E-state index in [9.17, 15) is 22.8 Å². The van der Waals surface area contributed by atoms with Crippen LogP contribution in [0.4, 0.5) is 24.7 Å². The minimum absolute atomic E-state index is 0.0446. The summed E-state index contributed by atoms with van der Waals surface area (Å²) in [7, 11) is 0. The van der Waals surface area contributed by atoms with E-state index in [0.29, 0.717) is 34.8 Å². The van der Waals surface area contributed by atoms with Crippen molar-refractivity contribution < 1.29 is 22.8 Å². The minimum Gasteiger partial charge on any atom is -0.322 e. The van der Waals surface area contributed by atoms with Crippen LogP contribution in [0.3, 0.4) is 0 Å². The molecule has 1 saturated carbocycles. The summed E-state index contributed by atoms with van der Waals surface area (Å²) in [6, 6.07) is 12.4. The summed E-state index contributed by atoms with van der Waals surface area (Å²) in [4.78, 5) is 32.0. The van der Waals surface area contributed by atoms with E-state index in [1.54, 1.807) is 59.1 Å². The lowest BCUT2D eigenvalue weighted by Gasteiger charge is -2.33. The first-order valence-corrected chi connectivity index (χ1v) is 15.9. The fourth-order valence-corrected chi connectivity index (χ4v) is 6.17. The summed E-state index contributed by atoms with van der Waals surface area (Å²) in [5.41, 5.74) is 2.74. The molecule has 2 amide bonds. The number of anilines is 2. The largest absolute Gasteiger partial charge is 0.416 e. The Kier molecular flexibility index (Phi) is 8.85. The van der Waals surface area contributed by atoms with Gasteiger partial charge in [-0.25, -0.2) is 13.8 Å². The van der Waals surface area contributed by atoms with Gasteiger partial charge in [-0.2, -0.15) is 18.3 Å². The number of hydrogen-bond donors (Lipinski definition) is 2. The molecule has 0 radical (unpaired) electrons. The summed E-state index contributed by atoms with van der Waals surface area (Å²) in [6.07, 6.45) is -1.15. The van der Waals surface area contributed by atoms with Gasteiger partial charge in [0.05, 0.1) is 17.5 Å². The summed E-state index contributed by atoms with van der Waals surface area (Å²) < 4.78 is 45.4. The van der Waals surface area contributed by atoms with Crippen molar-refractivity contribution in [3.8, 4) is 11.3 Å². The molecular formula is C32H34F3N7O2S. The number of hydrogen-bond acceptors (Lipinski definition) is 7. The molecule has 9 nitrogen and oxygen atoms in total. The van der Waals surface area contributed by atoms with Crippen LogP contribution in [-0.2, 0) is 17.5 Å². The van der Waals surface area contributed by atoms with Crippen molar-refractivity contribution in [2.75, 3.05) is 42.6 Å². The molecule has 2 aliphatic rings. The molecule has 0 spiro atoms. The Bertz CT molecular complexity index is 1730. The standard InChI is InChI=1S/C32H34F3N7O2S/c1-3-45-41-12-10-40(11-13-41)18-21-14-24(32(33,34)35)17-25(15-21)36-31(44)23-5-4-20(2)26(16-23)27-8-9-29-37-28(19-42(29)39-27)38-30(43)22-6-7-22/h4-5,8-9,14-17,19,22H,3,6-7,10-13,18H2,1-2H3,(H,36,44)(H,38,43). The average Bonchev–Trinajstić information content (AvgIpc) is 3.78. The molecule has 45 heavy (non-hydrogen) atoms. The number of nitrogens with zero attached hydrogens (tertiary/aromatic N) is 5. The highest BCUT2D eigenvalue weighted by Gasteiger charge is 2.32. The molecule has 0 bridgehead atoms. The van der Waals surface area contributed by atoms with Crippen molar-refractivity contribution in [2.45, 2.75) is 39.4 Å². The van der Waals surface area contributed by atoms with Crippen LogP contribution >= 0.6 is 11.9 Å². The number of halogens is 3. The van der Waals surface area contributed by atoms with Crippen LogP contribution in [-0.4, -0.2) is 67.5 Å². The van der Waals surface area contributed by atoms with Crippen LogP contribution in [0.1, 0.15) is 46.8 Å². The molecule has 2 aromatic heterocycles.